The van der Waals surface area contributed by atoms with Gasteiger partial charge in [-0.15, -0.1) is 0 Å². The number of carbonyl (C=O) groups excluding carboxylic acids is 2. The van der Waals surface area contributed by atoms with Gasteiger partial charge in [0.05, 0.1) is 16.5 Å². The van der Waals surface area contributed by atoms with Crippen LogP contribution >= 0.6 is 23.2 Å². The number of rotatable bonds is 2. The van der Waals surface area contributed by atoms with Crippen molar-refractivity contribution in [2.24, 2.45) is 4.99 Å². The quantitative estimate of drug-likeness (QED) is 0.809. The van der Waals surface area contributed by atoms with Gasteiger partial charge in [-0.2, -0.15) is 0 Å². The van der Waals surface area contributed by atoms with E-state index in [1.54, 1.807) is 18.2 Å². The number of guanidine groups is 1. The van der Waals surface area contributed by atoms with E-state index in [1.165, 1.54) is 0 Å². The maximum absolute atomic E-state index is 12.5. The van der Waals surface area contributed by atoms with E-state index in [1.807, 2.05) is 11.9 Å². The van der Waals surface area contributed by atoms with Crippen molar-refractivity contribution in [1.29, 1.82) is 0 Å². The molecule has 0 unspecified atom stereocenters. The summed E-state index contributed by atoms with van der Waals surface area (Å²) in [5.74, 6) is -0.0864. The van der Waals surface area contributed by atoms with Crippen LogP contribution in [0.2, 0.25) is 10.0 Å². The molecule has 0 bridgehead atoms. The lowest BCUT2D eigenvalue weighted by Crippen LogP contribution is -2.55. The predicted molar refractivity (Wildman–Crippen MR) is 98.1 cm³/mol. The topological polar surface area (TPSA) is 77.0 Å². The Kier molecular flexibility index (Phi) is 5.46. The summed E-state index contributed by atoms with van der Waals surface area (Å²) in [5.41, 5.74) is 0.515. The molecule has 0 saturated carbocycles. The fourth-order valence-corrected chi connectivity index (χ4v) is 3.00. The molecule has 0 radical (unpaired) electrons. The lowest BCUT2D eigenvalue weighted by Gasteiger charge is -2.36. The van der Waals surface area contributed by atoms with Gasteiger partial charge < -0.3 is 15.1 Å². The Bertz CT molecular complexity index is 716. The second-order valence-corrected chi connectivity index (χ2v) is 6.94. The molecule has 0 aliphatic carbocycles. The second-order valence-electron chi connectivity index (χ2n) is 6.13. The van der Waals surface area contributed by atoms with E-state index in [0.29, 0.717) is 21.7 Å². The Labute approximate surface area is 156 Å². The van der Waals surface area contributed by atoms with Gasteiger partial charge in [-0.25, -0.2) is 4.99 Å². The van der Waals surface area contributed by atoms with Crippen molar-refractivity contribution in [3.05, 3.63) is 28.2 Å². The fourth-order valence-electron chi connectivity index (χ4n) is 2.71. The molecule has 3 rings (SSSR count). The van der Waals surface area contributed by atoms with E-state index in [4.69, 9.17) is 23.2 Å². The first-order valence-electron chi connectivity index (χ1n) is 7.99. The average Bonchev–Trinajstić information content (AvgIpc) is 2.58. The maximum atomic E-state index is 12.5. The van der Waals surface area contributed by atoms with Crippen LogP contribution in [0.15, 0.2) is 23.2 Å². The summed E-state index contributed by atoms with van der Waals surface area (Å²) in [6.45, 7) is 3.29. The standard InChI is InChI=1S/C16H19Cl2N5O2/c1-22-4-6-23(7-5-22)16-20-13(9-14(24)21-16)15(25)19-10-2-3-11(17)12(18)8-10/h2-3,8,13H,4-7,9H2,1H3,(H,19,25)(H,20,21,24)/t13-/m0/s1. The monoisotopic (exact) mass is 383 g/mol. The molecule has 2 heterocycles. The van der Waals surface area contributed by atoms with Gasteiger partial charge in [-0.05, 0) is 25.2 Å². The molecule has 0 spiro atoms. The van der Waals surface area contributed by atoms with Crippen LogP contribution in [-0.4, -0.2) is 66.8 Å². The van der Waals surface area contributed by atoms with Crippen LogP contribution in [0.1, 0.15) is 6.42 Å². The number of halogens is 2. The summed E-state index contributed by atoms with van der Waals surface area (Å²) in [4.78, 5) is 33.1. The third kappa shape index (κ3) is 4.42. The smallest absolute Gasteiger partial charge is 0.249 e. The van der Waals surface area contributed by atoms with Crippen LogP contribution in [0, 0.1) is 0 Å². The first-order chi connectivity index (χ1) is 11.9. The molecule has 1 atom stereocenters. The van der Waals surface area contributed by atoms with Gasteiger partial charge >= 0.3 is 0 Å². The number of aliphatic imine (C=N–C) groups is 1. The maximum Gasteiger partial charge on any atom is 0.249 e. The number of benzene rings is 1. The molecule has 2 amide bonds. The highest BCUT2D eigenvalue weighted by Crippen LogP contribution is 2.25. The van der Waals surface area contributed by atoms with Crippen LogP contribution in [0.25, 0.3) is 0 Å². The van der Waals surface area contributed by atoms with Crippen molar-refractivity contribution in [3.8, 4) is 0 Å². The molecule has 25 heavy (non-hydrogen) atoms. The largest absolute Gasteiger partial charge is 0.340 e. The zero-order valence-electron chi connectivity index (χ0n) is 13.8. The lowest BCUT2D eigenvalue weighted by atomic mass is 10.1. The van der Waals surface area contributed by atoms with Crippen LogP contribution in [0.4, 0.5) is 5.69 Å². The third-order valence-corrected chi connectivity index (χ3v) is 4.94. The van der Waals surface area contributed by atoms with Crippen LogP contribution in [-0.2, 0) is 9.59 Å². The van der Waals surface area contributed by atoms with Gasteiger partial charge in [-0.3, -0.25) is 14.9 Å². The molecule has 1 aromatic carbocycles. The van der Waals surface area contributed by atoms with Crippen molar-refractivity contribution >= 4 is 46.7 Å². The van der Waals surface area contributed by atoms with Crippen molar-refractivity contribution in [1.82, 2.24) is 15.1 Å². The van der Waals surface area contributed by atoms with Crippen molar-refractivity contribution in [2.75, 3.05) is 38.5 Å². The summed E-state index contributed by atoms with van der Waals surface area (Å²) in [6.07, 6.45) is 0.0183. The summed E-state index contributed by atoms with van der Waals surface area (Å²) in [5, 5.41) is 6.26. The number of hydrogen-bond acceptors (Lipinski definition) is 5. The average molecular weight is 384 g/mol. The molecule has 2 N–H and O–H groups in total. The van der Waals surface area contributed by atoms with E-state index < -0.39 is 6.04 Å². The van der Waals surface area contributed by atoms with Crippen LogP contribution in [0.3, 0.4) is 0 Å². The molecular weight excluding hydrogens is 365 g/mol. The normalized spacial score (nSPS) is 21.6. The minimum absolute atomic E-state index is 0.0183. The fraction of sp³-hybridized carbons (Fsp3) is 0.438. The van der Waals surface area contributed by atoms with Gasteiger partial charge in [0, 0.05) is 31.9 Å². The molecule has 2 aliphatic rings. The third-order valence-electron chi connectivity index (χ3n) is 4.20. The summed E-state index contributed by atoms with van der Waals surface area (Å²) in [7, 11) is 2.05. The highest BCUT2D eigenvalue weighted by Gasteiger charge is 2.30. The summed E-state index contributed by atoms with van der Waals surface area (Å²) in [6, 6.07) is 4.06. The lowest BCUT2D eigenvalue weighted by molar-refractivity contribution is -0.125. The number of amides is 2. The molecule has 1 aromatic rings. The predicted octanol–water partition coefficient (Wildman–Crippen LogP) is 1.42. The Morgan fingerprint density at radius 1 is 1.24 bits per heavy atom. The van der Waals surface area contributed by atoms with Crippen molar-refractivity contribution < 1.29 is 9.59 Å². The number of piperazine rings is 1. The zero-order valence-corrected chi connectivity index (χ0v) is 15.3. The first kappa shape index (κ1) is 18.0. The molecule has 1 saturated heterocycles. The highest BCUT2D eigenvalue weighted by atomic mass is 35.5. The Hall–Kier alpha value is -1.83. The first-order valence-corrected chi connectivity index (χ1v) is 8.75. The minimum Gasteiger partial charge on any atom is -0.340 e. The SMILES string of the molecule is CN1CCN(C2=N[C@H](C(=O)Nc3ccc(Cl)c(Cl)c3)CC(=O)N2)CC1. The number of likely N-dealkylation sites (N-methyl/N-ethyl adjacent to an activating group) is 1. The number of hydrogen-bond donors (Lipinski definition) is 2. The van der Waals surface area contributed by atoms with E-state index in [2.05, 4.69) is 20.5 Å². The molecule has 0 aromatic heterocycles. The molecule has 9 heteroatoms. The van der Waals surface area contributed by atoms with E-state index >= 15 is 0 Å². The van der Waals surface area contributed by atoms with Gasteiger partial charge in [-0.1, -0.05) is 23.2 Å². The van der Waals surface area contributed by atoms with Gasteiger partial charge in [0.25, 0.3) is 0 Å². The summed E-state index contributed by atoms with van der Waals surface area (Å²) >= 11 is 11.8. The van der Waals surface area contributed by atoms with Crippen molar-refractivity contribution in [2.45, 2.75) is 12.5 Å². The minimum atomic E-state index is -0.766. The molecule has 134 valence electrons. The number of carbonyl (C=O) groups is 2. The molecule has 2 aliphatic heterocycles. The summed E-state index contributed by atoms with van der Waals surface area (Å²) < 4.78 is 0. The van der Waals surface area contributed by atoms with E-state index in [-0.39, 0.29) is 18.2 Å². The van der Waals surface area contributed by atoms with E-state index in [9.17, 15) is 9.59 Å². The van der Waals surface area contributed by atoms with Crippen molar-refractivity contribution in [3.63, 3.8) is 0 Å². The number of anilines is 1. The molecular formula is C16H19Cl2N5O2. The van der Waals surface area contributed by atoms with Crippen LogP contribution < -0.4 is 10.6 Å². The van der Waals surface area contributed by atoms with Crippen LogP contribution in [0.5, 0.6) is 0 Å². The van der Waals surface area contributed by atoms with Gasteiger partial charge in [0.15, 0.2) is 0 Å². The number of nitrogens with zero attached hydrogens (tertiary/aromatic N) is 3. The Morgan fingerprint density at radius 2 is 1.96 bits per heavy atom. The Balaban J connectivity index is 1.71. The Morgan fingerprint density at radius 3 is 2.64 bits per heavy atom. The van der Waals surface area contributed by atoms with Gasteiger partial charge in [0.2, 0.25) is 17.8 Å². The second kappa shape index (κ2) is 7.59. The number of nitrogens with one attached hydrogen (secondary N) is 2. The molecule has 1 fully saturated rings. The molecule has 7 nitrogen and oxygen atoms in total. The highest BCUT2D eigenvalue weighted by molar-refractivity contribution is 6.42. The van der Waals surface area contributed by atoms with Gasteiger partial charge in [0.1, 0.15) is 6.04 Å². The zero-order chi connectivity index (χ0) is 18.0. The van der Waals surface area contributed by atoms with E-state index in [0.717, 1.165) is 26.2 Å².